The van der Waals surface area contributed by atoms with Gasteiger partial charge in [-0.3, -0.25) is 4.79 Å². The molecular weight excluding hydrogens is 374 g/mol. The second kappa shape index (κ2) is 11.2. The fourth-order valence-corrected chi connectivity index (χ4v) is 9.74. The molecule has 0 amide bonds. The van der Waals surface area contributed by atoms with Gasteiger partial charge in [0.2, 0.25) is 0 Å². The van der Waals surface area contributed by atoms with Crippen LogP contribution in [0, 0.1) is 28.2 Å². The van der Waals surface area contributed by atoms with Crippen LogP contribution in [-0.4, -0.2) is 14.0 Å². The summed E-state index contributed by atoms with van der Waals surface area (Å²) in [6.45, 7) is 15.8. The van der Waals surface area contributed by atoms with Gasteiger partial charge in [0.15, 0.2) is 0 Å². The van der Waals surface area contributed by atoms with E-state index in [4.69, 9.17) is 10.00 Å². The van der Waals surface area contributed by atoms with E-state index in [1.165, 1.54) is 0 Å². The lowest BCUT2D eigenvalue weighted by molar-refractivity contribution is -0.154. The molecular formula is C25H37NO2Si. The zero-order valence-corrected chi connectivity index (χ0v) is 20.2. The molecule has 29 heavy (non-hydrogen) atoms. The molecule has 1 atom stereocenters. The van der Waals surface area contributed by atoms with Crippen molar-refractivity contribution in [1.29, 1.82) is 5.26 Å². The Morgan fingerprint density at radius 2 is 1.62 bits per heavy atom. The van der Waals surface area contributed by atoms with Gasteiger partial charge in [0.25, 0.3) is 0 Å². The van der Waals surface area contributed by atoms with Gasteiger partial charge in [-0.25, -0.2) is 0 Å². The van der Waals surface area contributed by atoms with Gasteiger partial charge >= 0.3 is 5.97 Å². The average Bonchev–Trinajstić information content (AvgIpc) is 2.69. The highest BCUT2D eigenvalue weighted by Crippen LogP contribution is 2.41. The minimum absolute atomic E-state index is 0.233. The van der Waals surface area contributed by atoms with Crippen LogP contribution in [0.15, 0.2) is 30.3 Å². The zero-order valence-electron chi connectivity index (χ0n) is 19.2. The molecule has 1 aromatic carbocycles. The van der Waals surface area contributed by atoms with E-state index in [-0.39, 0.29) is 12.6 Å². The van der Waals surface area contributed by atoms with E-state index in [0.717, 1.165) is 5.56 Å². The van der Waals surface area contributed by atoms with Crippen molar-refractivity contribution in [2.24, 2.45) is 5.41 Å². The Morgan fingerprint density at radius 3 is 2.07 bits per heavy atom. The third-order valence-electron chi connectivity index (χ3n) is 6.25. The van der Waals surface area contributed by atoms with Crippen LogP contribution >= 0.6 is 0 Å². The molecule has 0 radical (unpaired) electrons. The summed E-state index contributed by atoms with van der Waals surface area (Å²) in [5, 5.41) is 9.17. The average molecular weight is 412 g/mol. The first-order chi connectivity index (χ1) is 13.7. The van der Waals surface area contributed by atoms with E-state index in [9.17, 15) is 4.79 Å². The first-order valence-electron chi connectivity index (χ1n) is 10.8. The molecule has 0 saturated carbocycles. The Balaban J connectivity index is 3.31. The highest BCUT2D eigenvalue weighted by Gasteiger charge is 2.43. The van der Waals surface area contributed by atoms with Gasteiger partial charge in [0, 0.05) is 6.42 Å². The van der Waals surface area contributed by atoms with Gasteiger partial charge in [-0.05, 0) is 35.0 Å². The highest BCUT2D eigenvalue weighted by molar-refractivity contribution is 6.90. The topological polar surface area (TPSA) is 50.1 Å². The number of carbonyl (C=O) groups is 1. The third kappa shape index (κ3) is 5.97. The van der Waals surface area contributed by atoms with Crippen molar-refractivity contribution in [2.45, 2.75) is 91.0 Å². The molecule has 0 spiro atoms. The fraction of sp³-hybridized carbons (Fsp3) is 0.600. The summed E-state index contributed by atoms with van der Waals surface area (Å²) in [5.74, 6) is 3.12. The molecule has 0 aromatic heterocycles. The summed E-state index contributed by atoms with van der Waals surface area (Å²) in [6, 6.07) is 11.9. The molecule has 3 nitrogen and oxygen atoms in total. The number of esters is 1. The number of ether oxygens (including phenoxy) is 1. The maximum Gasteiger partial charge on any atom is 0.324 e. The molecule has 4 heteroatoms. The highest BCUT2D eigenvalue weighted by atomic mass is 28.3. The van der Waals surface area contributed by atoms with Gasteiger partial charge in [0.05, 0.1) is 6.07 Å². The Labute approximate surface area is 178 Å². The monoisotopic (exact) mass is 411 g/mol. The quantitative estimate of drug-likeness (QED) is 0.259. The number of hydrogen-bond donors (Lipinski definition) is 0. The number of nitriles is 1. The standard InChI is InChI=1S/C25H37NO2Si/c1-8-25(15-12-17-26,24(27)28-19-23-13-10-9-11-14-23)16-18-29(20(2)3,21(4)5)22(6)7/h9-11,13-14,20-22H,8,12,15,19H2,1-7H3. The Hall–Kier alpha value is -2.04. The van der Waals surface area contributed by atoms with Crippen LogP contribution in [0.4, 0.5) is 0 Å². The summed E-state index contributed by atoms with van der Waals surface area (Å²) in [7, 11) is -1.98. The van der Waals surface area contributed by atoms with Crippen LogP contribution in [0.1, 0.15) is 73.3 Å². The lowest BCUT2D eigenvalue weighted by Crippen LogP contribution is -2.44. The van der Waals surface area contributed by atoms with Gasteiger partial charge in [0.1, 0.15) is 20.1 Å². The van der Waals surface area contributed by atoms with Gasteiger partial charge in [-0.2, -0.15) is 5.26 Å². The summed E-state index contributed by atoms with van der Waals surface area (Å²) in [6.07, 6.45) is 1.26. The Kier molecular flexibility index (Phi) is 9.67. The van der Waals surface area contributed by atoms with Crippen molar-refractivity contribution >= 4 is 14.0 Å². The van der Waals surface area contributed by atoms with Crippen LogP contribution in [-0.2, 0) is 16.1 Å². The Morgan fingerprint density at radius 1 is 1.07 bits per heavy atom. The third-order valence-corrected chi connectivity index (χ3v) is 12.5. The van der Waals surface area contributed by atoms with Crippen molar-refractivity contribution in [1.82, 2.24) is 0 Å². The van der Waals surface area contributed by atoms with Gasteiger partial charge in [-0.1, -0.05) is 84.7 Å². The normalized spacial score (nSPS) is 13.6. The van der Waals surface area contributed by atoms with Crippen LogP contribution < -0.4 is 0 Å². The van der Waals surface area contributed by atoms with Crippen LogP contribution in [0.3, 0.4) is 0 Å². The fourth-order valence-electron chi connectivity index (χ4n) is 4.42. The van der Waals surface area contributed by atoms with E-state index >= 15 is 0 Å². The SMILES string of the molecule is CCC(C#C[Si](C(C)C)(C(C)C)C(C)C)(CCC#N)C(=O)OCc1ccccc1. The lowest BCUT2D eigenvalue weighted by atomic mass is 9.81. The second-order valence-corrected chi connectivity index (χ2v) is 14.4. The van der Waals surface area contributed by atoms with Crippen LogP contribution in [0.25, 0.3) is 0 Å². The Bertz CT molecular complexity index is 731. The smallest absolute Gasteiger partial charge is 0.324 e. The van der Waals surface area contributed by atoms with Crippen LogP contribution in [0.2, 0.25) is 16.6 Å². The molecule has 0 N–H and O–H groups in total. The molecule has 1 rings (SSSR count). The van der Waals surface area contributed by atoms with Crippen molar-refractivity contribution < 1.29 is 9.53 Å². The van der Waals surface area contributed by atoms with Gasteiger partial charge < -0.3 is 4.74 Å². The van der Waals surface area contributed by atoms with Crippen molar-refractivity contribution in [3.8, 4) is 17.5 Å². The van der Waals surface area contributed by atoms with Crippen molar-refractivity contribution in [3.05, 3.63) is 35.9 Å². The van der Waals surface area contributed by atoms with Crippen molar-refractivity contribution in [2.75, 3.05) is 0 Å². The van der Waals surface area contributed by atoms with E-state index in [2.05, 4.69) is 59.1 Å². The summed E-state index contributed by atoms with van der Waals surface area (Å²) in [4.78, 5) is 13.2. The number of benzene rings is 1. The van der Waals surface area contributed by atoms with Crippen LogP contribution in [0.5, 0.6) is 0 Å². The molecule has 0 aliphatic carbocycles. The lowest BCUT2D eigenvalue weighted by Gasteiger charge is -2.38. The first kappa shape index (κ1) is 25.0. The molecule has 0 heterocycles. The molecule has 1 aromatic rings. The predicted molar refractivity (Wildman–Crippen MR) is 123 cm³/mol. The maximum atomic E-state index is 13.2. The molecule has 1 unspecified atom stereocenters. The predicted octanol–water partition coefficient (Wildman–Crippen LogP) is 6.65. The first-order valence-corrected chi connectivity index (χ1v) is 13.0. The van der Waals surface area contributed by atoms with E-state index in [1.807, 2.05) is 37.3 Å². The largest absolute Gasteiger partial charge is 0.460 e. The second-order valence-electron chi connectivity index (χ2n) is 8.80. The minimum atomic E-state index is -1.98. The summed E-state index contributed by atoms with van der Waals surface area (Å²) < 4.78 is 5.69. The summed E-state index contributed by atoms with van der Waals surface area (Å²) in [5.41, 5.74) is 5.19. The zero-order chi connectivity index (χ0) is 22.1. The number of nitrogens with zero attached hydrogens (tertiary/aromatic N) is 1. The maximum absolute atomic E-state index is 13.2. The summed E-state index contributed by atoms with van der Waals surface area (Å²) >= 11 is 0. The number of rotatable bonds is 9. The molecule has 0 fully saturated rings. The van der Waals surface area contributed by atoms with E-state index < -0.39 is 13.5 Å². The number of carbonyl (C=O) groups excluding carboxylic acids is 1. The molecule has 0 saturated heterocycles. The molecule has 0 aliphatic heterocycles. The van der Waals surface area contributed by atoms with Crippen molar-refractivity contribution in [3.63, 3.8) is 0 Å². The molecule has 0 aliphatic rings. The van der Waals surface area contributed by atoms with E-state index in [1.54, 1.807) is 0 Å². The molecule has 158 valence electrons. The number of hydrogen-bond acceptors (Lipinski definition) is 3. The van der Waals surface area contributed by atoms with Gasteiger partial charge in [-0.15, -0.1) is 5.54 Å². The molecule has 0 bridgehead atoms. The van der Waals surface area contributed by atoms with E-state index in [0.29, 0.717) is 35.9 Å². The minimum Gasteiger partial charge on any atom is -0.460 e.